The number of methoxy groups -OCH3 is 1. The zero-order chi connectivity index (χ0) is 17.0. The number of rotatable bonds is 8. The summed E-state index contributed by atoms with van der Waals surface area (Å²) in [6.45, 7) is 3.63. The Kier molecular flexibility index (Phi) is 6.37. The second-order valence-electron chi connectivity index (χ2n) is 6.38. The molecule has 0 unspecified atom stereocenters. The Morgan fingerprint density at radius 1 is 1.27 bits per heavy atom. The first-order valence-electron chi connectivity index (χ1n) is 7.43. The minimum absolute atomic E-state index is 0.0323. The van der Waals surface area contributed by atoms with E-state index in [1.54, 1.807) is 0 Å². The number of carboxylic acids is 1. The van der Waals surface area contributed by atoms with Crippen molar-refractivity contribution in [1.82, 2.24) is 4.72 Å². The van der Waals surface area contributed by atoms with Gasteiger partial charge in [-0.2, -0.15) is 0 Å². The first-order valence-corrected chi connectivity index (χ1v) is 9.08. The molecule has 1 aliphatic carbocycles. The maximum absolute atomic E-state index is 12.3. The molecule has 0 spiro atoms. The van der Waals surface area contributed by atoms with Gasteiger partial charge in [-0.05, 0) is 25.2 Å². The standard InChI is InChI=1S/C14H25NO6S/c1-10(2)8-11(12(16)17)15-22(19,20)9-14(13(18)21-3)6-4-5-7-14/h10-11,15H,4-9H2,1-3H3,(H,16,17)/t11-/m0/s1. The van der Waals surface area contributed by atoms with E-state index in [0.717, 1.165) is 12.8 Å². The van der Waals surface area contributed by atoms with E-state index in [1.165, 1.54) is 7.11 Å². The Hall–Kier alpha value is -1.15. The maximum Gasteiger partial charge on any atom is 0.321 e. The van der Waals surface area contributed by atoms with Crippen LogP contribution in [0.1, 0.15) is 46.0 Å². The third-order valence-corrected chi connectivity index (χ3v) is 5.55. The van der Waals surface area contributed by atoms with E-state index < -0.39 is 39.2 Å². The van der Waals surface area contributed by atoms with Gasteiger partial charge in [-0.1, -0.05) is 26.7 Å². The molecular formula is C14H25NO6S. The van der Waals surface area contributed by atoms with Gasteiger partial charge in [0.1, 0.15) is 6.04 Å². The molecule has 0 radical (unpaired) electrons. The number of nitrogens with one attached hydrogen (secondary N) is 1. The molecule has 1 fully saturated rings. The molecule has 128 valence electrons. The summed E-state index contributed by atoms with van der Waals surface area (Å²) in [4.78, 5) is 23.2. The number of hydrogen-bond donors (Lipinski definition) is 2. The average Bonchev–Trinajstić information content (AvgIpc) is 2.84. The van der Waals surface area contributed by atoms with Crippen LogP contribution in [0.15, 0.2) is 0 Å². The van der Waals surface area contributed by atoms with Gasteiger partial charge < -0.3 is 9.84 Å². The lowest BCUT2D eigenvalue weighted by Crippen LogP contribution is -2.47. The monoisotopic (exact) mass is 335 g/mol. The fourth-order valence-electron chi connectivity index (χ4n) is 2.97. The first-order chi connectivity index (χ1) is 10.1. The normalized spacial score (nSPS) is 19.1. The highest BCUT2D eigenvalue weighted by Crippen LogP contribution is 2.40. The third-order valence-electron chi connectivity index (χ3n) is 3.97. The van der Waals surface area contributed by atoms with Gasteiger partial charge in [0.05, 0.1) is 18.3 Å². The van der Waals surface area contributed by atoms with Crippen LogP contribution in [0.2, 0.25) is 0 Å². The maximum atomic E-state index is 12.3. The predicted molar refractivity (Wildman–Crippen MR) is 80.7 cm³/mol. The van der Waals surface area contributed by atoms with Crippen LogP contribution < -0.4 is 4.72 Å². The molecule has 22 heavy (non-hydrogen) atoms. The summed E-state index contributed by atoms with van der Waals surface area (Å²) in [5.41, 5.74) is -1.05. The lowest BCUT2D eigenvalue weighted by molar-refractivity contribution is -0.151. The van der Waals surface area contributed by atoms with Crippen molar-refractivity contribution >= 4 is 22.0 Å². The number of sulfonamides is 1. The molecule has 1 saturated carbocycles. The minimum atomic E-state index is -3.90. The van der Waals surface area contributed by atoms with E-state index in [0.29, 0.717) is 12.8 Å². The van der Waals surface area contributed by atoms with Crippen LogP contribution in [-0.2, 0) is 24.3 Å². The van der Waals surface area contributed by atoms with Gasteiger partial charge in [-0.15, -0.1) is 0 Å². The van der Waals surface area contributed by atoms with E-state index in [4.69, 9.17) is 9.84 Å². The van der Waals surface area contributed by atoms with E-state index in [-0.39, 0.29) is 12.3 Å². The summed E-state index contributed by atoms with van der Waals surface area (Å²) in [5.74, 6) is -2.14. The van der Waals surface area contributed by atoms with Crippen molar-refractivity contribution in [2.24, 2.45) is 11.3 Å². The number of esters is 1. The molecule has 1 aliphatic rings. The van der Waals surface area contributed by atoms with Crippen molar-refractivity contribution in [1.29, 1.82) is 0 Å². The SMILES string of the molecule is COC(=O)C1(CS(=O)(=O)N[C@@H](CC(C)C)C(=O)O)CCCC1. The molecule has 0 heterocycles. The van der Waals surface area contributed by atoms with Crippen molar-refractivity contribution in [3.8, 4) is 0 Å². The molecule has 0 saturated heterocycles. The topological polar surface area (TPSA) is 110 Å². The molecule has 2 N–H and O–H groups in total. The molecule has 0 bridgehead atoms. The number of carboxylic acid groups (broad SMARTS) is 1. The third kappa shape index (κ3) is 4.95. The Morgan fingerprint density at radius 2 is 1.82 bits per heavy atom. The van der Waals surface area contributed by atoms with Gasteiger partial charge in [0.25, 0.3) is 0 Å². The quantitative estimate of drug-likeness (QED) is 0.644. The zero-order valence-corrected chi connectivity index (χ0v) is 14.1. The Balaban J connectivity index is 2.88. The van der Waals surface area contributed by atoms with Crippen LogP contribution in [0.25, 0.3) is 0 Å². The van der Waals surface area contributed by atoms with Crippen LogP contribution in [-0.4, -0.2) is 44.4 Å². The molecule has 8 heteroatoms. The molecule has 0 aliphatic heterocycles. The zero-order valence-electron chi connectivity index (χ0n) is 13.3. The highest BCUT2D eigenvalue weighted by atomic mass is 32.2. The fraction of sp³-hybridized carbons (Fsp3) is 0.857. The van der Waals surface area contributed by atoms with E-state index in [9.17, 15) is 18.0 Å². The summed E-state index contributed by atoms with van der Waals surface area (Å²) in [5, 5.41) is 9.15. The number of hydrogen-bond acceptors (Lipinski definition) is 5. The number of carbonyl (C=O) groups excluding carboxylic acids is 1. The van der Waals surface area contributed by atoms with Crippen LogP contribution in [0, 0.1) is 11.3 Å². The largest absolute Gasteiger partial charge is 0.480 e. The lowest BCUT2D eigenvalue weighted by Gasteiger charge is -2.26. The number of aliphatic carboxylic acids is 1. The van der Waals surface area contributed by atoms with Crippen LogP contribution in [0.3, 0.4) is 0 Å². The van der Waals surface area contributed by atoms with Crippen molar-refractivity contribution in [2.75, 3.05) is 12.9 Å². The van der Waals surface area contributed by atoms with Crippen LogP contribution in [0.4, 0.5) is 0 Å². The molecular weight excluding hydrogens is 310 g/mol. The van der Waals surface area contributed by atoms with Gasteiger partial charge in [0.2, 0.25) is 10.0 Å². The summed E-state index contributed by atoms with van der Waals surface area (Å²) in [6.07, 6.45) is 2.61. The molecule has 0 aromatic heterocycles. The van der Waals surface area contributed by atoms with Crippen molar-refractivity contribution in [3.05, 3.63) is 0 Å². The Labute approximate surface area is 131 Å². The van der Waals surface area contributed by atoms with Gasteiger partial charge in [-0.25, -0.2) is 13.1 Å². The van der Waals surface area contributed by atoms with Gasteiger partial charge in [0.15, 0.2) is 0 Å². The highest BCUT2D eigenvalue weighted by Gasteiger charge is 2.46. The van der Waals surface area contributed by atoms with Gasteiger partial charge in [-0.3, -0.25) is 9.59 Å². The van der Waals surface area contributed by atoms with Crippen molar-refractivity contribution in [2.45, 2.75) is 52.0 Å². The van der Waals surface area contributed by atoms with Crippen molar-refractivity contribution < 1.29 is 27.9 Å². The van der Waals surface area contributed by atoms with E-state index in [1.807, 2.05) is 13.8 Å². The van der Waals surface area contributed by atoms with Gasteiger partial charge >= 0.3 is 11.9 Å². The molecule has 0 amide bonds. The molecule has 0 aromatic carbocycles. The lowest BCUT2D eigenvalue weighted by atomic mass is 9.89. The first kappa shape index (κ1) is 18.9. The molecule has 1 rings (SSSR count). The van der Waals surface area contributed by atoms with E-state index >= 15 is 0 Å². The van der Waals surface area contributed by atoms with Crippen molar-refractivity contribution in [3.63, 3.8) is 0 Å². The number of ether oxygens (including phenoxy) is 1. The summed E-state index contributed by atoms with van der Waals surface area (Å²) in [6, 6.07) is -1.18. The Morgan fingerprint density at radius 3 is 2.23 bits per heavy atom. The molecule has 0 aromatic rings. The van der Waals surface area contributed by atoms with Gasteiger partial charge in [0, 0.05) is 0 Å². The molecule has 7 nitrogen and oxygen atoms in total. The number of carbonyl (C=O) groups is 2. The average molecular weight is 335 g/mol. The predicted octanol–water partition coefficient (Wildman–Crippen LogP) is 1.14. The van der Waals surface area contributed by atoms with Crippen LogP contribution in [0.5, 0.6) is 0 Å². The minimum Gasteiger partial charge on any atom is -0.480 e. The van der Waals surface area contributed by atoms with E-state index in [2.05, 4.69) is 4.72 Å². The summed E-state index contributed by atoms with van der Waals surface area (Å²) < 4.78 is 31.6. The summed E-state index contributed by atoms with van der Waals surface area (Å²) in [7, 11) is -2.66. The molecule has 1 atom stereocenters. The second-order valence-corrected chi connectivity index (χ2v) is 8.13. The highest BCUT2D eigenvalue weighted by molar-refractivity contribution is 7.89. The second kappa shape index (κ2) is 7.41. The smallest absolute Gasteiger partial charge is 0.321 e. The summed E-state index contributed by atoms with van der Waals surface area (Å²) >= 11 is 0. The Bertz CT molecular complexity index is 507. The van der Waals surface area contributed by atoms with Crippen LogP contribution >= 0.6 is 0 Å². The fourth-order valence-corrected chi connectivity index (χ4v) is 4.82.